The maximum atomic E-state index is 12.3. The predicted octanol–water partition coefficient (Wildman–Crippen LogP) is 0.440. The van der Waals surface area contributed by atoms with Crippen LogP contribution in [0.3, 0.4) is 0 Å². The van der Waals surface area contributed by atoms with E-state index in [2.05, 4.69) is 15.7 Å². The largest absolute Gasteiger partial charge is 0.389 e. The molecule has 1 saturated carbocycles. The number of nitrogens with one attached hydrogen (secondary N) is 2. The first-order valence-corrected chi connectivity index (χ1v) is 7.98. The van der Waals surface area contributed by atoms with E-state index in [4.69, 9.17) is 0 Å². The number of carbonyl (C=O) groups is 2. The lowest BCUT2D eigenvalue weighted by atomic mass is 10.1. The summed E-state index contributed by atoms with van der Waals surface area (Å²) < 4.78 is 1.41. The highest BCUT2D eigenvalue weighted by atomic mass is 16.3. The lowest BCUT2D eigenvalue weighted by molar-refractivity contribution is 0.0925. The first-order chi connectivity index (χ1) is 10.6. The number of hydrogen-bond acceptors (Lipinski definition) is 4. The summed E-state index contributed by atoms with van der Waals surface area (Å²) in [5.41, 5.74) is 0.561. The van der Waals surface area contributed by atoms with Crippen LogP contribution in [0.2, 0.25) is 0 Å². The average molecular weight is 306 g/mol. The fraction of sp³-hybridized carbons (Fsp3) is 0.667. The number of amides is 2. The Labute approximate surface area is 129 Å². The van der Waals surface area contributed by atoms with Crippen molar-refractivity contribution in [3.8, 4) is 0 Å². The molecule has 1 atom stereocenters. The van der Waals surface area contributed by atoms with Crippen LogP contribution in [0, 0.1) is 0 Å². The summed E-state index contributed by atoms with van der Waals surface area (Å²) in [4.78, 5) is 24.2. The molecular formula is C15H22N4O3. The van der Waals surface area contributed by atoms with Crippen molar-refractivity contribution in [3.05, 3.63) is 17.5 Å². The molecule has 22 heavy (non-hydrogen) atoms. The van der Waals surface area contributed by atoms with E-state index < -0.39 is 6.10 Å². The molecular weight excluding hydrogens is 284 g/mol. The van der Waals surface area contributed by atoms with E-state index in [0.29, 0.717) is 5.69 Å². The van der Waals surface area contributed by atoms with Gasteiger partial charge in [-0.3, -0.25) is 14.3 Å². The van der Waals surface area contributed by atoms with Gasteiger partial charge >= 0.3 is 0 Å². The number of aromatic nitrogens is 2. The van der Waals surface area contributed by atoms with E-state index in [1.807, 2.05) is 0 Å². The number of aliphatic hydroxyl groups excluding tert-OH is 1. The molecule has 0 unspecified atom stereocenters. The van der Waals surface area contributed by atoms with Crippen molar-refractivity contribution in [2.45, 2.75) is 57.2 Å². The second-order valence-electron chi connectivity index (χ2n) is 6.12. The van der Waals surface area contributed by atoms with Crippen LogP contribution in [0.4, 0.5) is 0 Å². The molecule has 0 saturated heterocycles. The standard InChI is InChI=1S/C15H22N4O3/c20-11-8-16-15(22)13-7-12(18-19(13)9-11)14(21)17-10-5-3-1-2-4-6-10/h7,10-11,20H,1-6,8-9H2,(H,16,22)(H,17,21)/t11-/m0/s1. The third kappa shape index (κ3) is 3.30. The Morgan fingerprint density at radius 1 is 1.32 bits per heavy atom. The maximum absolute atomic E-state index is 12.3. The van der Waals surface area contributed by atoms with Crippen molar-refractivity contribution in [2.75, 3.05) is 6.54 Å². The second-order valence-corrected chi connectivity index (χ2v) is 6.12. The van der Waals surface area contributed by atoms with E-state index in [1.165, 1.54) is 23.6 Å². The minimum atomic E-state index is -0.692. The van der Waals surface area contributed by atoms with Gasteiger partial charge in [-0.1, -0.05) is 25.7 Å². The number of β-amino-alcohol motifs (C(OH)–C–C–N with tert-alkyl or cyclic N) is 1. The lowest BCUT2D eigenvalue weighted by Crippen LogP contribution is -2.35. The van der Waals surface area contributed by atoms with Crippen LogP contribution in [0.5, 0.6) is 0 Å². The summed E-state index contributed by atoms with van der Waals surface area (Å²) in [6.07, 6.45) is 6.03. The van der Waals surface area contributed by atoms with Gasteiger partial charge in [-0.2, -0.15) is 5.10 Å². The molecule has 0 bridgehead atoms. The topological polar surface area (TPSA) is 96.2 Å². The van der Waals surface area contributed by atoms with Gasteiger partial charge in [0.25, 0.3) is 11.8 Å². The highest BCUT2D eigenvalue weighted by Crippen LogP contribution is 2.18. The fourth-order valence-corrected chi connectivity index (χ4v) is 3.10. The van der Waals surface area contributed by atoms with Gasteiger partial charge in [0.15, 0.2) is 5.69 Å². The maximum Gasteiger partial charge on any atom is 0.272 e. The van der Waals surface area contributed by atoms with Gasteiger partial charge in [-0.05, 0) is 12.8 Å². The van der Waals surface area contributed by atoms with Crippen LogP contribution >= 0.6 is 0 Å². The van der Waals surface area contributed by atoms with Gasteiger partial charge in [0.1, 0.15) is 5.69 Å². The van der Waals surface area contributed by atoms with Crippen molar-refractivity contribution >= 4 is 11.8 Å². The Bertz CT molecular complexity index is 561. The molecule has 2 heterocycles. The van der Waals surface area contributed by atoms with Crippen molar-refractivity contribution in [1.29, 1.82) is 0 Å². The van der Waals surface area contributed by atoms with Crippen LogP contribution in [-0.4, -0.2) is 45.4 Å². The monoisotopic (exact) mass is 306 g/mol. The van der Waals surface area contributed by atoms with Gasteiger partial charge in [-0.25, -0.2) is 0 Å². The van der Waals surface area contributed by atoms with E-state index in [0.717, 1.165) is 25.7 Å². The summed E-state index contributed by atoms with van der Waals surface area (Å²) >= 11 is 0. The number of fused-ring (bicyclic) bond motifs is 1. The molecule has 7 nitrogen and oxygen atoms in total. The first-order valence-electron chi connectivity index (χ1n) is 7.98. The molecule has 120 valence electrons. The average Bonchev–Trinajstić information content (AvgIpc) is 2.66. The van der Waals surface area contributed by atoms with Crippen molar-refractivity contribution < 1.29 is 14.7 Å². The Morgan fingerprint density at radius 3 is 2.77 bits per heavy atom. The Kier molecular flexibility index (Phi) is 4.42. The molecule has 3 N–H and O–H groups in total. The van der Waals surface area contributed by atoms with Gasteiger partial charge < -0.3 is 15.7 Å². The molecule has 0 spiro atoms. The minimum absolute atomic E-state index is 0.191. The molecule has 0 radical (unpaired) electrons. The lowest BCUT2D eigenvalue weighted by Gasteiger charge is -2.15. The molecule has 0 aromatic carbocycles. The zero-order valence-electron chi connectivity index (χ0n) is 12.5. The van der Waals surface area contributed by atoms with Crippen LogP contribution < -0.4 is 10.6 Å². The van der Waals surface area contributed by atoms with Gasteiger partial charge in [0, 0.05) is 18.7 Å². The van der Waals surface area contributed by atoms with Crippen LogP contribution in [-0.2, 0) is 6.54 Å². The normalized spacial score (nSPS) is 23.1. The zero-order chi connectivity index (χ0) is 15.5. The fourth-order valence-electron chi connectivity index (χ4n) is 3.10. The van der Waals surface area contributed by atoms with E-state index in [-0.39, 0.29) is 36.6 Å². The smallest absolute Gasteiger partial charge is 0.272 e. The molecule has 1 aromatic rings. The molecule has 2 aliphatic rings. The highest BCUT2D eigenvalue weighted by molar-refractivity contribution is 5.98. The van der Waals surface area contributed by atoms with Crippen LogP contribution in [0.1, 0.15) is 59.5 Å². The zero-order valence-corrected chi connectivity index (χ0v) is 12.5. The van der Waals surface area contributed by atoms with Gasteiger partial charge in [0.2, 0.25) is 0 Å². The SMILES string of the molecule is O=C(NC1CCCCCC1)c1cc2n(n1)C[C@@H](O)CNC2=O. The summed E-state index contributed by atoms with van der Waals surface area (Å²) in [5, 5.41) is 19.5. The van der Waals surface area contributed by atoms with E-state index >= 15 is 0 Å². The predicted molar refractivity (Wildman–Crippen MR) is 79.5 cm³/mol. The second kappa shape index (κ2) is 6.48. The molecule has 3 rings (SSSR count). The quantitative estimate of drug-likeness (QED) is 0.691. The Morgan fingerprint density at radius 2 is 2.05 bits per heavy atom. The van der Waals surface area contributed by atoms with Gasteiger partial charge in [0.05, 0.1) is 12.6 Å². The highest BCUT2D eigenvalue weighted by Gasteiger charge is 2.25. The number of aliphatic hydroxyl groups is 1. The molecule has 2 amide bonds. The third-order valence-corrected chi connectivity index (χ3v) is 4.32. The summed E-state index contributed by atoms with van der Waals surface area (Å²) in [6, 6.07) is 1.69. The molecule has 1 aliphatic carbocycles. The van der Waals surface area contributed by atoms with Crippen molar-refractivity contribution in [2.24, 2.45) is 0 Å². The van der Waals surface area contributed by atoms with Crippen molar-refractivity contribution in [3.63, 3.8) is 0 Å². The Balaban J connectivity index is 1.72. The number of hydrogen-bond donors (Lipinski definition) is 3. The third-order valence-electron chi connectivity index (χ3n) is 4.32. The summed E-state index contributed by atoms with van der Waals surface area (Å²) in [5.74, 6) is -0.549. The van der Waals surface area contributed by atoms with Crippen LogP contribution in [0.15, 0.2) is 6.07 Å². The number of nitrogens with zero attached hydrogens (tertiary/aromatic N) is 2. The minimum Gasteiger partial charge on any atom is -0.389 e. The van der Waals surface area contributed by atoms with E-state index in [1.54, 1.807) is 0 Å². The van der Waals surface area contributed by atoms with E-state index in [9.17, 15) is 14.7 Å². The molecule has 7 heteroatoms. The molecule has 1 aromatic heterocycles. The van der Waals surface area contributed by atoms with Crippen LogP contribution in [0.25, 0.3) is 0 Å². The Hall–Kier alpha value is -1.89. The number of carbonyl (C=O) groups excluding carboxylic acids is 2. The van der Waals surface area contributed by atoms with Gasteiger partial charge in [-0.15, -0.1) is 0 Å². The first kappa shape index (κ1) is 15.0. The summed E-state index contributed by atoms with van der Waals surface area (Å²) in [6.45, 7) is 0.413. The number of rotatable bonds is 2. The molecule has 1 fully saturated rings. The van der Waals surface area contributed by atoms with Crippen molar-refractivity contribution in [1.82, 2.24) is 20.4 Å². The molecule has 1 aliphatic heterocycles. The summed E-state index contributed by atoms with van der Waals surface area (Å²) in [7, 11) is 0.